The van der Waals surface area contributed by atoms with Crippen LogP contribution in [-0.2, 0) is 6.42 Å². The van der Waals surface area contributed by atoms with E-state index in [9.17, 15) is 9.59 Å². The van der Waals surface area contributed by atoms with Gasteiger partial charge in [0.1, 0.15) is 11.4 Å². The van der Waals surface area contributed by atoms with Crippen LogP contribution in [0, 0.1) is 6.92 Å². The Bertz CT molecular complexity index is 726. The molecule has 1 unspecified atom stereocenters. The van der Waals surface area contributed by atoms with Crippen LogP contribution in [0.4, 0.5) is 0 Å². The molecule has 0 spiro atoms. The highest BCUT2D eigenvalue weighted by Gasteiger charge is 2.22. The Kier molecular flexibility index (Phi) is 5.68. The number of nitrogens with zero attached hydrogens (tertiary/aromatic N) is 2. The first-order valence-corrected chi connectivity index (χ1v) is 7.95. The van der Waals surface area contributed by atoms with Crippen molar-refractivity contribution in [2.75, 3.05) is 7.05 Å². The average molecular weight is 326 g/mol. The second-order valence-corrected chi connectivity index (χ2v) is 5.88. The van der Waals surface area contributed by atoms with E-state index < -0.39 is 5.97 Å². The summed E-state index contributed by atoms with van der Waals surface area (Å²) in [6, 6.07) is 12.7. The predicted octanol–water partition coefficient (Wildman–Crippen LogP) is 3.18. The van der Waals surface area contributed by atoms with E-state index in [2.05, 4.69) is 29.2 Å². The monoisotopic (exact) mass is 326 g/mol. The summed E-state index contributed by atoms with van der Waals surface area (Å²) in [4.78, 5) is 29.2. The van der Waals surface area contributed by atoms with E-state index in [0.717, 1.165) is 12.8 Å². The Hall–Kier alpha value is -2.69. The van der Waals surface area contributed by atoms with Crippen molar-refractivity contribution in [1.82, 2.24) is 9.88 Å². The van der Waals surface area contributed by atoms with Gasteiger partial charge in [-0.3, -0.25) is 4.79 Å². The van der Waals surface area contributed by atoms with Gasteiger partial charge in [-0.25, -0.2) is 9.78 Å². The zero-order valence-electron chi connectivity index (χ0n) is 14.2. The Morgan fingerprint density at radius 3 is 2.33 bits per heavy atom. The second-order valence-electron chi connectivity index (χ2n) is 5.88. The molecule has 0 aliphatic rings. The normalized spacial score (nSPS) is 11.8. The van der Waals surface area contributed by atoms with Crippen molar-refractivity contribution < 1.29 is 14.7 Å². The minimum atomic E-state index is -1.14. The quantitative estimate of drug-likeness (QED) is 0.885. The van der Waals surface area contributed by atoms with Crippen molar-refractivity contribution in [3.05, 3.63) is 65.0 Å². The lowest BCUT2D eigenvalue weighted by atomic mass is 10.0. The van der Waals surface area contributed by atoms with Crippen LogP contribution in [-0.4, -0.2) is 40.0 Å². The third kappa shape index (κ3) is 4.19. The lowest BCUT2D eigenvalue weighted by Gasteiger charge is -2.27. The molecule has 0 radical (unpaired) electrons. The smallest absolute Gasteiger partial charge is 0.354 e. The number of pyridine rings is 1. The number of benzene rings is 1. The minimum absolute atomic E-state index is 0.0236. The first-order valence-electron chi connectivity index (χ1n) is 7.95. The number of carboxylic acid groups (broad SMARTS) is 1. The summed E-state index contributed by atoms with van der Waals surface area (Å²) in [5, 5.41) is 9.01. The molecule has 1 aromatic heterocycles. The van der Waals surface area contributed by atoms with E-state index in [1.165, 1.54) is 17.2 Å². The van der Waals surface area contributed by atoms with Gasteiger partial charge in [-0.05, 0) is 37.5 Å². The van der Waals surface area contributed by atoms with Crippen molar-refractivity contribution in [3.8, 4) is 0 Å². The Morgan fingerprint density at radius 1 is 1.12 bits per heavy atom. The molecular formula is C19H22N2O3. The van der Waals surface area contributed by atoms with Gasteiger partial charge in [-0.15, -0.1) is 0 Å². The molecule has 0 fully saturated rings. The molecule has 0 bridgehead atoms. The summed E-state index contributed by atoms with van der Waals surface area (Å²) >= 11 is 0. The first kappa shape index (κ1) is 17.7. The molecule has 5 heteroatoms. The van der Waals surface area contributed by atoms with Crippen LogP contribution in [0.3, 0.4) is 0 Å². The van der Waals surface area contributed by atoms with E-state index in [-0.39, 0.29) is 23.3 Å². The summed E-state index contributed by atoms with van der Waals surface area (Å²) in [5.41, 5.74) is 2.39. The number of carboxylic acids is 1. The van der Waals surface area contributed by atoms with Crippen LogP contribution in [0.25, 0.3) is 0 Å². The number of rotatable bonds is 6. The molecule has 126 valence electrons. The van der Waals surface area contributed by atoms with Crippen molar-refractivity contribution in [1.29, 1.82) is 0 Å². The molecular weight excluding hydrogens is 304 g/mol. The largest absolute Gasteiger partial charge is 0.477 e. The number of hydrogen-bond donors (Lipinski definition) is 1. The summed E-state index contributed by atoms with van der Waals surface area (Å²) in [6.45, 7) is 4.07. The highest BCUT2D eigenvalue weighted by Crippen LogP contribution is 2.14. The molecule has 0 saturated heterocycles. The van der Waals surface area contributed by atoms with Gasteiger partial charge in [0, 0.05) is 13.1 Å². The molecule has 2 aromatic rings. The third-order valence-electron chi connectivity index (χ3n) is 4.12. The number of amides is 1. The first-order chi connectivity index (χ1) is 11.4. The third-order valence-corrected chi connectivity index (χ3v) is 4.12. The van der Waals surface area contributed by atoms with Crippen LogP contribution < -0.4 is 0 Å². The Morgan fingerprint density at radius 2 is 1.75 bits per heavy atom. The standard InChI is InChI=1S/C19H22N2O3/c1-4-15(12-14-10-8-13(2)9-11-14)21(3)18(22)16-6-5-7-17(20-16)19(23)24/h5-11,15H,4,12H2,1-3H3,(H,23,24). The van der Waals surface area contributed by atoms with E-state index in [1.807, 2.05) is 13.8 Å². The molecule has 0 aliphatic heterocycles. The second kappa shape index (κ2) is 7.73. The van der Waals surface area contributed by atoms with Crippen LogP contribution in [0.2, 0.25) is 0 Å². The van der Waals surface area contributed by atoms with Gasteiger partial charge >= 0.3 is 5.97 Å². The zero-order valence-corrected chi connectivity index (χ0v) is 14.2. The van der Waals surface area contributed by atoms with Crippen LogP contribution in [0.1, 0.15) is 45.4 Å². The van der Waals surface area contributed by atoms with Crippen molar-refractivity contribution >= 4 is 11.9 Å². The number of likely N-dealkylation sites (N-methyl/N-ethyl adjacent to an activating group) is 1. The number of carbonyl (C=O) groups is 2. The maximum atomic E-state index is 12.6. The van der Waals surface area contributed by atoms with E-state index >= 15 is 0 Å². The molecule has 1 heterocycles. The van der Waals surface area contributed by atoms with E-state index in [4.69, 9.17) is 5.11 Å². The number of hydrogen-bond acceptors (Lipinski definition) is 3. The summed E-state index contributed by atoms with van der Waals surface area (Å²) in [7, 11) is 1.74. The number of aromatic carboxylic acids is 1. The van der Waals surface area contributed by atoms with Crippen LogP contribution in [0.15, 0.2) is 42.5 Å². The maximum absolute atomic E-state index is 12.6. The highest BCUT2D eigenvalue weighted by atomic mass is 16.4. The molecule has 5 nitrogen and oxygen atoms in total. The Balaban J connectivity index is 2.16. The van der Waals surface area contributed by atoms with Gasteiger partial charge in [-0.2, -0.15) is 0 Å². The SMILES string of the molecule is CCC(Cc1ccc(C)cc1)N(C)C(=O)c1cccc(C(=O)O)n1. The molecule has 0 aliphatic carbocycles. The number of aryl methyl sites for hydroxylation is 1. The zero-order chi connectivity index (χ0) is 17.7. The fourth-order valence-electron chi connectivity index (χ4n) is 2.57. The van der Waals surface area contributed by atoms with Crippen molar-refractivity contribution in [3.63, 3.8) is 0 Å². The summed E-state index contributed by atoms with van der Waals surface area (Å²) in [6.07, 6.45) is 1.55. The number of aromatic nitrogens is 1. The van der Waals surface area contributed by atoms with E-state index in [1.54, 1.807) is 24.1 Å². The number of carbonyl (C=O) groups excluding carboxylic acids is 1. The predicted molar refractivity (Wildman–Crippen MR) is 92.3 cm³/mol. The topological polar surface area (TPSA) is 70.5 Å². The fraction of sp³-hybridized carbons (Fsp3) is 0.316. The lowest BCUT2D eigenvalue weighted by molar-refractivity contribution is 0.0689. The molecule has 0 saturated carbocycles. The Labute approximate surface area is 142 Å². The summed E-state index contributed by atoms with van der Waals surface area (Å²) < 4.78 is 0. The molecule has 1 aromatic carbocycles. The van der Waals surface area contributed by atoms with Gasteiger partial charge in [0.05, 0.1) is 0 Å². The maximum Gasteiger partial charge on any atom is 0.354 e. The van der Waals surface area contributed by atoms with Gasteiger partial charge < -0.3 is 10.0 Å². The van der Waals surface area contributed by atoms with Gasteiger partial charge in [0.15, 0.2) is 0 Å². The fourth-order valence-corrected chi connectivity index (χ4v) is 2.57. The molecule has 1 atom stereocenters. The lowest BCUT2D eigenvalue weighted by Crippen LogP contribution is -2.38. The molecule has 24 heavy (non-hydrogen) atoms. The molecule has 1 N–H and O–H groups in total. The van der Waals surface area contributed by atoms with E-state index in [0.29, 0.717) is 0 Å². The minimum Gasteiger partial charge on any atom is -0.477 e. The van der Waals surface area contributed by atoms with Gasteiger partial charge in [-0.1, -0.05) is 42.8 Å². The van der Waals surface area contributed by atoms with Gasteiger partial charge in [0.2, 0.25) is 0 Å². The van der Waals surface area contributed by atoms with Crippen LogP contribution in [0.5, 0.6) is 0 Å². The van der Waals surface area contributed by atoms with Crippen LogP contribution >= 0.6 is 0 Å². The average Bonchev–Trinajstić information content (AvgIpc) is 2.60. The molecule has 1 amide bonds. The van der Waals surface area contributed by atoms with Gasteiger partial charge in [0.25, 0.3) is 5.91 Å². The van der Waals surface area contributed by atoms with Crippen molar-refractivity contribution in [2.24, 2.45) is 0 Å². The summed E-state index contributed by atoms with van der Waals surface area (Å²) in [5.74, 6) is -1.41. The highest BCUT2D eigenvalue weighted by molar-refractivity contribution is 5.94. The van der Waals surface area contributed by atoms with Crippen molar-refractivity contribution in [2.45, 2.75) is 32.7 Å². The molecule has 2 rings (SSSR count).